The molecule has 2 aliphatic rings. The van der Waals surface area contributed by atoms with Gasteiger partial charge in [0.15, 0.2) is 6.73 Å². The molecule has 1 heterocycles. The number of alkyl halides is 1. The number of nitrogens with zero attached hydrogens (tertiary/aromatic N) is 1. The predicted molar refractivity (Wildman–Crippen MR) is 83.3 cm³/mol. The maximum Gasteiger partial charge on any atom is 0.161 e. The first kappa shape index (κ1) is 14.4. The molecule has 0 spiro atoms. The van der Waals surface area contributed by atoms with Gasteiger partial charge < -0.3 is 9.64 Å². The van der Waals surface area contributed by atoms with Crippen molar-refractivity contribution in [1.29, 1.82) is 0 Å². The number of allylic oxidation sites excluding steroid dienone is 2. The van der Waals surface area contributed by atoms with E-state index in [0.29, 0.717) is 18.5 Å². The monoisotopic (exact) mass is 331 g/mol. The quantitative estimate of drug-likeness (QED) is 0.726. The number of rotatable bonds is 5. The molecule has 2 nitrogen and oxygen atoms in total. The van der Waals surface area contributed by atoms with Gasteiger partial charge in [0.25, 0.3) is 0 Å². The van der Waals surface area contributed by atoms with Crippen LogP contribution in [0.4, 0.5) is 0 Å². The fourth-order valence-electron chi connectivity index (χ4n) is 2.53. The van der Waals surface area contributed by atoms with Crippen molar-refractivity contribution in [3.8, 4) is 0 Å². The van der Waals surface area contributed by atoms with E-state index in [1.165, 1.54) is 12.8 Å². The van der Waals surface area contributed by atoms with Crippen molar-refractivity contribution in [2.45, 2.75) is 19.3 Å². The van der Waals surface area contributed by atoms with Crippen LogP contribution in [0.2, 0.25) is 10.0 Å². The highest BCUT2D eigenvalue weighted by Crippen LogP contribution is 2.42. The van der Waals surface area contributed by atoms with E-state index in [-0.39, 0.29) is 0 Å². The minimum absolute atomic E-state index is 0.502. The van der Waals surface area contributed by atoms with E-state index < -0.39 is 0 Å². The fraction of sp³-hybridized carbons (Fsp3) is 0.467. The van der Waals surface area contributed by atoms with Gasteiger partial charge in [-0.05, 0) is 37.0 Å². The molecule has 1 fully saturated rings. The topological polar surface area (TPSA) is 12.5 Å². The summed E-state index contributed by atoms with van der Waals surface area (Å²) in [5.41, 5.74) is 2.13. The highest BCUT2D eigenvalue weighted by molar-refractivity contribution is 6.36. The number of benzene rings is 1. The van der Waals surface area contributed by atoms with Crippen LogP contribution >= 0.6 is 34.8 Å². The summed E-state index contributed by atoms with van der Waals surface area (Å²) in [6.07, 6.45) is 3.24. The van der Waals surface area contributed by atoms with Gasteiger partial charge in [-0.2, -0.15) is 0 Å². The minimum Gasteiger partial charge on any atom is -0.475 e. The summed E-state index contributed by atoms with van der Waals surface area (Å²) in [5.74, 6) is 2.20. The predicted octanol–water partition coefficient (Wildman–Crippen LogP) is 4.69. The Morgan fingerprint density at radius 1 is 1.20 bits per heavy atom. The van der Waals surface area contributed by atoms with Gasteiger partial charge in [0, 0.05) is 22.5 Å². The maximum absolute atomic E-state index is 6.20. The molecule has 20 heavy (non-hydrogen) atoms. The van der Waals surface area contributed by atoms with Crippen molar-refractivity contribution >= 4 is 34.8 Å². The van der Waals surface area contributed by atoms with Crippen LogP contribution in [0.15, 0.2) is 29.7 Å². The zero-order valence-corrected chi connectivity index (χ0v) is 13.3. The molecule has 5 heteroatoms. The van der Waals surface area contributed by atoms with Gasteiger partial charge in [-0.15, -0.1) is 11.6 Å². The second-order valence-electron chi connectivity index (χ2n) is 5.21. The molecule has 1 aromatic carbocycles. The minimum atomic E-state index is 0.502. The van der Waals surface area contributed by atoms with Crippen LogP contribution in [-0.2, 0) is 11.2 Å². The number of hydrogen-bond donors (Lipinski definition) is 0. The van der Waals surface area contributed by atoms with Crippen molar-refractivity contribution in [2.75, 3.05) is 19.2 Å². The zero-order chi connectivity index (χ0) is 14.1. The molecule has 0 amide bonds. The van der Waals surface area contributed by atoms with Crippen LogP contribution < -0.4 is 0 Å². The fourth-order valence-corrected chi connectivity index (χ4v) is 3.42. The molecule has 0 aromatic heterocycles. The van der Waals surface area contributed by atoms with Crippen LogP contribution in [0.3, 0.4) is 0 Å². The first-order chi connectivity index (χ1) is 9.70. The van der Waals surface area contributed by atoms with Crippen molar-refractivity contribution in [2.24, 2.45) is 5.92 Å². The molecule has 108 valence electrons. The van der Waals surface area contributed by atoms with Crippen molar-refractivity contribution in [3.63, 3.8) is 0 Å². The summed E-state index contributed by atoms with van der Waals surface area (Å²) in [6.45, 7) is 1.41. The summed E-state index contributed by atoms with van der Waals surface area (Å²) in [6, 6.07) is 5.61. The third kappa shape index (κ3) is 2.88. The Morgan fingerprint density at radius 2 is 1.90 bits per heavy atom. The van der Waals surface area contributed by atoms with Gasteiger partial charge in [-0.3, -0.25) is 0 Å². The molecule has 0 bridgehead atoms. The molecule has 0 unspecified atom stereocenters. The van der Waals surface area contributed by atoms with Crippen LogP contribution in [0.1, 0.15) is 18.4 Å². The van der Waals surface area contributed by atoms with E-state index in [1.807, 2.05) is 18.2 Å². The molecular weight excluding hydrogens is 317 g/mol. The van der Waals surface area contributed by atoms with Crippen LogP contribution in [-0.4, -0.2) is 24.1 Å². The van der Waals surface area contributed by atoms with Gasteiger partial charge in [0.05, 0.1) is 11.6 Å². The van der Waals surface area contributed by atoms with E-state index in [0.717, 1.165) is 40.0 Å². The Kier molecular flexibility index (Phi) is 4.34. The van der Waals surface area contributed by atoms with E-state index in [2.05, 4.69) is 4.90 Å². The average Bonchev–Trinajstić information content (AvgIpc) is 3.19. The first-order valence-corrected chi connectivity index (χ1v) is 8.09. The highest BCUT2D eigenvalue weighted by atomic mass is 35.5. The van der Waals surface area contributed by atoms with Gasteiger partial charge in [-0.25, -0.2) is 0 Å². The standard InChI is InChI=1S/C15H16Cl3NO/c16-8-14-15(10-4-5-10)20-9-19(14)7-6-11-12(17)2-1-3-13(11)18/h1-3,10H,4-9H2. The van der Waals surface area contributed by atoms with Gasteiger partial charge in [-0.1, -0.05) is 29.3 Å². The summed E-state index contributed by atoms with van der Waals surface area (Å²) >= 11 is 18.5. The van der Waals surface area contributed by atoms with Crippen molar-refractivity contribution < 1.29 is 4.74 Å². The lowest BCUT2D eigenvalue weighted by molar-refractivity contribution is 0.143. The van der Waals surface area contributed by atoms with Gasteiger partial charge in [0.1, 0.15) is 5.76 Å². The summed E-state index contributed by atoms with van der Waals surface area (Å²) < 4.78 is 5.80. The second kappa shape index (κ2) is 6.05. The molecule has 1 saturated carbocycles. The van der Waals surface area contributed by atoms with E-state index in [1.54, 1.807) is 0 Å². The SMILES string of the molecule is ClCC1=C(C2CC2)OCN1CCc1c(Cl)cccc1Cl. The van der Waals surface area contributed by atoms with Crippen molar-refractivity contribution in [1.82, 2.24) is 4.90 Å². The molecule has 0 N–H and O–H groups in total. The third-order valence-corrected chi connectivity index (χ3v) is 4.77. The molecule has 1 aromatic rings. The number of hydrogen-bond acceptors (Lipinski definition) is 2. The molecule has 0 atom stereocenters. The van der Waals surface area contributed by atoms with Crippen LogP contribution in [0.5, 0.6) is 0 Å². The first-order valence-electron chi connectivity index (χ1n) is 6.80. The zero-order valence-electron chi connectivity index (χ0n) is 11.0. The molecule has 3 rings (SSSR count). The average molecular weight is 333 g/mol. The Hall–Kier alpha value is -0.570. The van der Waals surface area contributed by atoms with E-state index in [4.69, 9.17) is 39.5 Å². The van der Waals surface area contributed by atoms with E-state index in [9.17, 15) is 0 Å². The highest BCUT2D eigenvalue weighted by Gasteiger charge is 2.35. The summed E-state index contributed by atoms with van der Waals surface area (Å²) in [7, 11) is 0. The van der Waals surface area contributed by atoms with Crippen LogP contribution in [0.25, 0.3) is 0 Å². The van der Waals surface area contributed by atoms with Gasteiger partial charge >= 0.3 is 0 Å². The Labute approximate surface area is 134 Å². The normalized spacial score (nSPS) is 18.6. The molecule has 0 saturated heterocycles. The van der Waals surface area contributed by atoms with Crippen molar-refractivity contribution in [3.05, 3.63) is 45.3 Å². The lowest BCUT2D eigenvalue weighted by atomic mass is 10.1. The third-order valence-electron chi connectivity index (χ3n) is 3.81. The second-order valence-corrected chi connectivity index (χ2v) is 6.29. The molecule has 0 radical (unpaired) electrons. The lowest BCUT2D eigenvalue weighted by Gasteiger charge is -2.19. The molecule has 1 aliphatic carbocycles. The number of ether oxygens (including phenoxy) is 1. The molecular formula is C15H16Cl3NO. The number of halogens is 3. The van der Waals surface area contributed by atoms with Crippen LogP contribution in [0, 0.1) is 5.92 Å². The summed E-state index contributed by atoms with van der Waals surface area (Å²) in [4.78, 5) is 2.19. The van der Waals surface area contributed by atoms with Gasteiger partial charge in [0.2, 0.25) is 0 Å². The van der Waals surface area contributed by atoms with E-state index >= 15 is 0 Å². The Balaban J connectivity index is 1.70. The Bertz CT molecular complexity index is 520. The summed E-state index contributed by atoms with van der Waals surface area (Å²) in [5, 5.41) is 1.44. The Morgan fingerprint density at radius 3 is 2.50 bits per heavy atom. The lowest BCUT2D eigenvalue weighted by Crippen LogP contribution is -2.24. The smallest absolute Gasteiger partial charge is 0.161 e. The molecule has 1 aliphatic heterocycles. The maximum atomic E-state index is 6.20. The largest absolute Gasteiger partial charge is 0.475 e.